The first-order valence-electron chi connectivity index (χ1n) is 7.63. The Kier molecular flexibility index (Phi) is 4.01. The molecular weight excluding hydrogens is 316 g/mol. The first kappa shape index (κ1) is 16.4. The number of hydrogen-bond donors (Lipinski definition) is 4. The van der Waals surface area contributed by atoms with E-state index in [0.29, 0.717) is 11.2 Å². The number of amides is 1. The molecule has 2 aromatic rings. The molecule has 0 radical (unpaired) electrons. The van der Waals surface area contributed by atoms with E-state index >= 15 is 0 Å². The zero-order valence-corrected chi connectivity index (χ0v) is 13.7. The van der Waals surface area contributed by atoms with Crippen molar-refractivity contribution in [2.45, 2.75) is 31.8 Å². The number of aromatic amines is 1. The predicted octanol–water partition coefficient (Wildman–Crippen LogP) is -1.84. The van der Waals surface area contributed by atoms with Crippen LogP contribution in [0.5, 0.6) is 0 Å². The third kappa shape index (κ3) is 2.53. The number of nitrogens with two attached hydrogens (primary N) is 1. The van der Waals surface area contributed by atoms with Crippen LogP contribution in [0, 0.1) is 5.92 Å². The van der Waals surface area contributed by atoms with E-state index < -0.39 is 12.3 Å². The highest BCUT2D eigenvalue weighted by molar-refractivity contribution is 5.76. The van der Waals surface area contributed by atoms with Gasteiger partial charge in [0.05, 0.1) is 13.2 Å². The molecule has 0 saturated carbocycles. The number of rotatable bonds is 3. The molecule has 24 heavy (non-hydrogen) atoms. The minimum absolute atomic E-state index is 0.0186. The van der Waals surface area contributed by atoms with Crippen molar-refractivity contribution in [2.75, 3.05) is 12.8 Å². The second kappa shape index (κ2) is 5.87. The molecule has 1 fully saturated rings. The Morgan fingerprint density at radius 1 is 1.62 bits per heavy atom. The van der Waals surface area contributed by atoms with Gasteiger partial charge in [0.15, 0.2) is 6.33 Å². The van der Waals surface area contributed by atoms with Gasteiger partial charge in [0.1, 0.15) is 6.10 Å². The summed E-state index contributed by atoms with van der Waals surface area (Å²) in [6.45, 7) is 1.80. The van der Waals surface area contributed by atoms with Crippen LogP contribution in [-0.4, -0.2) is 44.8 Å². The largest absolute Gasteiger partial charge is 0.386 e. The second-order valence-electron chi connectivity index (χ2n) is 6.02. The van der Waals surface area contributed by atoms with Crippen LogP contribution in [-0.2, 0) is 16.6 Å². The van der Waals surface area contributed by atoms with Crippen LogP contribution >= 0.6 is 0 Å². The fraction of sp³-hybridized carbons (Fsp3) is 0.571. The van der Waals surface area contributed by atoms with Gasteiger partial charge in [-0.1, -0.05) is 4.98 Å². The van der Waals surface area contributed by atoms with Gasteiger partial charge in [0, 0.05) is 19.4 Å². The maximum atomic E-state index is 12.1. The molecule has 2 aromatic heterocycles. The number of aliphatic hydroxyl groups excluding tert-OH is 1. The Morgan fingerprint density at radius 2 is 2.33 bits per heavy atom. The smallest absolute Gasteiger partial charge is 0.313 e. The third-order valence-electron chi connectivity index (χ3n) is 4.45. The summed E-state index contributed by atoms with van der Waals surface area (Å²) in [5.74, 6) is -0.552. The lowest BCUT2D eigenvalue weighted by atomic mass is 9.95. The quantitative estimate of drug-likeness (QED) is 0.486. The molecule has 3 heterocycles. The molecule has 1 aliphatic heterocycles. The molecule has 130 valence electrons. The molecule has 0 aromatic carbocycles. The standard InChI is InChI=1S/C14H20N6O4/c1-6-7(4-8(21)16-2)10(22)13(24-6)20-5-19(3)9-11(20)17-14(15)18-12(9)23/h5-7,10,13,22H,4H2,1-3H3,(H3-,15,16,17,18,21,23)/p+1/t6-,7-,10-,13?/m1/s1. The van der Waals surface area contributed by atoms with Crippen LogP contribution in [0.15, 0.2) is 11.1 Å². The molecular formula is C14H21N6O4+. The normalized spacial score (nSPS) is 26.8. The lowest BCUT2D eigenvalue weighted by Crippen LogP contribution is -2.45. The molecule has 10 heteroatoms. The molecule has 1 saturated heterocycles. The Morgan fingerprint density at radius 3 is 3.00 bits per heavy atom. The number of H-pyrrole nitrogens is 1. The van der Waals surface area contributed by atoms with Gasteiger partial charge in [-0.2, -0.15) is 0 Å². The van der Waals surface area contributed by atoms with Crippen LogP contribution in [0.4, 0.5) is 5.95 Å². The highest BCUT2D eigenvalue weighted by Crippen LogP contribution is 2.33. The number of ether oxygens (including phenoxy) is 1. The number of aliphatic hydroxyl groups is 1. The molecule has 5 N–H and O–H groups in total. The zero-order chi connectivity index (χ0) is 17.6. The van der Waals surface area contributed by atoms with E-state index in [-0.39, 0.29) is 35.9 Å². The number of nitrogen functional groups attached to an aromatic ring is 1. The van der Waals surface area contributed by atoms with Gasteiger partial charge in [-0.05, 0) is 6.92 Å². The van der Waals surface area contributed by atoms with Gasteiger partial charge in [-0.25, -0.2) is 4.57 Å². The summed E-state index contributed by atoms with van der Waals surface area (Å²) in [7, 11) is 3.24. The average molecular weight is 337 g/mol. The summed E-state index contributed by atoms with van der Waals surface area (Å²) >= 11 is 0. The van der Waals surface area contributed by atoms with Crippen LogP contribution < -0.4 is 21.2 Å². The van der Waals surface area contributed by atoms with Crippen molar-refractivity contribution in [3.63, 3.8) is 0 Å². The van der Waals surface area contributed by atoms with Crippen molar-refractivity contribution < 1.29 is 19.2 Å². The van der Waals surface area contributed by atoms with Crippen molar-refractivity contribution in [3.8, 4) is 0 Å². The highest BCUT2D eigenvalue weighted by Gasteiger charge is 2.46. The summed E-state index contributed by atoms with van der Waals surface area (Å²) in [4.78, 5) is 30.3. The summed E-state index contributed by atoms with van der Waals surface area (Å²) < 4.78 is 9.01. The number of nitrogens with zero attached hydrogens (tertiary/aromatic N) is 3. The molecule has 1 amide bonds. The number of carbonyl (C=O) groups is 1. The lowest BCUT2D eigenvalue weighted by molar-refractivity contribution is -0.745. The first-order valence-corrected chi connectivity index (χ1v) is 7.63. The molecule has 10 nitrogen and oxygen atoms in total. The monoisotopic (exact) mass is 337 g/mol. The van der Waals surface area contributed by atoms with Crippen LogP contribution in [0.1, 0.15) is 19.6 Å². The van der Waals surface area contributed by atoms with E-state index in [2.05, 4.69) is 15.3 Å². The van der Waals surface area contributed by atoms with E-state index in [1.54, 1.807) is 36.5 Å². The lowest BCUT2D eigenvalue weighted by Gasteiger charge is -2.16. The van der Waals surface area contributed by atoms with E-state index in [1.807, 2.05) is 0 Å². The molecule has 3 rings (SSSR count). The minimum Gasteiger partial charge on any atom is -0.386 e. The molecule has 0 spiro atoms. The summed E-state index contributed by atoms with van der Waals surface area (Å²) in [5.41, 5.74) is 5.89. The van der Waals surface area contributed by atoms with Gasteiger partial charge >= 0.3 is 5.65 Å². The maximum Gasteiger partial charge on any atom is 0.313 e. The van der Waals surface area contributed by atoms with Gasteiger partial charge < -0.3 is 20.9 Å². The third-order valence-corrected chi connectivity index (χ3v) is 4.45. The zero-order valence-electron chi connectivity index (χ0n) is 13.7. The van der Waals surface area contributed by atoms with Gasteiger partial charge in [0.2, 0.25) is 17.7 Å². The fourth-order valence-electron chi connectivity index (χ4n) is 3.18. The number of aromatic nitrogens is 4. The highest BCUT2D eigenvalue weighted by atomic mass is 16.5. The Balaban J connectivity index is 2.02. The van der Waals surface area contributed by atoms with Gasteiger partial charge in [0.25, 0.3) is 11.5 Å². The average Bonchev–Trinajstić information content (AvgIpc) is 2.98. The van der Waals surface area contributed by atoms with Gasteiger partial charge in [-0.3, -0.25) is 19.1 Å². The van der Waals surface area contributed by atoms with Crippen LogP contribution in [0.2, 0.25) is 0 Å². The Hall–Kier alpha value is -2.46. The van der Waals surface area contributed by atoms with Crippen molar-refractivity contribution in [1.82, 2.24) is 19.9 Å². The molecule has 1 aliphatic rings. The van der Waals surface area contributed by atoms with Crippen LogP contribution in [0.3, 0.4) is 0 Å². The number of aryl methyl sites for hydroxylation is 1. The Bertz CT molecular complexity index is 844. The molecule has 0 aliphatic carbocycles. The van der Waals surface area contributed by atoms with Crippen molar-refractivity contribution >= 4 is 23.0 Å². The molecule has 0 bridgehead atoms. The van der Waals surface area contributed by atoms with Crippen molar-refractivity contribution in [1.29, 1.82) is 0 Å². The van der Waals surface area contributed by atoms with E-state index in [0.717, 1.165) is 0 Å². The topological polar surface area (TPSA) is 139 Å². The SMILES string of the molecule is CNC(=O)C[C@@H]1[C@@H](C)OC([n+]2cn(C)c3c(=O)[nH]c(N)nc32)[C@@H]1O. The summed E-state index contributed by atoms with van der Waals surface area (Å²) in [6.07, 6.45) is -0.238. The minimum atomic E-state index is -0.921. The summed E-state index contributed by atoms with van der Waals surface area (Å²) in [5, 5.41) is 13.2. The maximum absolute atomic E-state index is 12.1. The van der Waals surface area contributed by atoms with E-state index in [9.17, 15) is 14.7 Å². The first-order chi connectivity index (χ1) is 11.3. The van der Waals surface area contributed by atoms with Crippen molar-refractivity contribution in [2.24, 2.45) is 13.0 Å². The fourth-order valence-corrected chi connectivity index (χ4v) is 3.18. The second-order valence-corrected chi connectivity index (χ2v) is 6.02. The van der Waals surface area contributed by atoms with Crippen LogP contribution in [0.25, 0.3) is 11.2 Å². The predicted molar refractivity (Wildman–Crippen MR) is 83.7 cm³/mol. The number of carbonyl (C=O) groups excluding carboxylic acids is 1. The number of anilines is 1. The Labute approximate surface area is 137 Å². The molecule has 1 unspecified atom stereocenters. The number of hydrogen-bond acceptors (Lipinski definition) is 6. The summed E-state index contributed by atoms with van der Waals surface area (Å²) in [6, 6.07) is 0. The molecule has 4 atom stereocenters. The van der Waals surface area contributed by atoms with Crippen molar-refractivity contribution in [3.05, 3.63) is 16.7 Å². The number of imidazole rings is 1. The van der Waals surface area contributed by atoms with E-state index in [1.165, 1.54) is 0 Å². The van der Waals surface area contributed by atoms with E-state index in [4.69, 9.17) is 10.5 Å². The number of fused-ring (bicyclic) bond motifs is 1. The number of nitrogens with one attached hydrogen (secondary N) is 2. The van der Waals surface area contributed by atoms with Gasteiger partial charge in [-0.15, -0.1) is 0 Å².